The molecule has 0 fully saturated rings. The highest BCUT2D eigenvalue weighted by atomic mass is 32.3. The number of hydrogen-bond donors (Lipinski definition) is 0. The van der Waals surface area contributed by atoms with Crippen LogP contribution in [0, 0.1) is 0 Å². The number of nitrogens with zero attached hydrogens (tertiary/aromatic N) is 2. The van der Waals surface area contributed by atoms with Gasteiger partial charge in [-0.3, -0.25) is 0 Å². The highest BCUT2D eigenvalue weighted by Gasteiger charge is 2.38. The molecule has 8 rings (SSSR count). The molecule has 0 saturated heterocycles. The van der Waals surface area contributed by atoms with Gasteiger partial charge in [0, 0.05) is 22.0 Å². The van der Waals surface area contributed by atoms with Crippen molar-refractivity contribution in [3.63, 3.8) is 0 Å². The Hall–Kier alpha value is -3.38. The van der Waals surface area contributed by atoms with E-state index in [9.17, 15) is 0 Å². The molecule has 0 bridgehead atoms. The van der Waals surface area contributed by atoms with Gasteiger partial charge in [-0.05, 0) is 139 Å². The van der Waals surface area contributed by atoms with E-state index >= 15 is 0 Å². The number of aromatic nitrogens is 2. The standard InChI is InChI=1S/C42H44N2S3/c1-41(2)35-21-25(11-15-31(35)33-17-13-27(23-37(33)41)46(5,6)7)29-19-20-30(40-39(29)43-45-44-40)26-12-16-32-34-18-14-28(47(8,9)10)24-38(34)42(3,4)36(32)22-26/h11-24H,1-10H3. The molecule has 1 aromatic heterocycles. The first-order valence-electron chi connectivity index (χ1n) is 16.3. The van der Waals surface area contributed by atoms with Crippen LogP contribution in [0.3, 0.4) is 0 Å². The summed E-state index contributed by atoms with van der Waals surface area (Å²) in [5, 5.41) is 0. The van der Waals surface area contributed by atoms with Crippen molar-refractivity contribution in [2.75, 3.05) is 37.5 Å². The third-order valence-electron chi connectivity index (χ3n) is 10.7. The summed E-state index contributed by atoms with van der Waals surface area (Å²) in [4.78, 5) is 2.94. The van der Waals surface area contributed by atoms with E-state index < -0.39 is 20.1 Å². The second-order valence-electron chi connectivity index (χ2n) is 16.0. The minimum absolute atomic E-state index is 0.0650. The van der Waals surface area contributed by atoms with E-state index in [-0.39, 0.29) is 10.8 Å². The van der Waals surface area contributed by atoms with E-state index in [2.05, 4.69) is 150 Å². The zero-order valence-electron chi connectivity index (χ0n) is 29.2. The molecule has 0 aliphatic heterocycles. The lowest BCUT2D eigenvalue weighted by atomic mass is 9.81. The van der Waals surface area contributed by atoms with Crippen molar-refractivity contribution in [2.45, 2.75) is 48.3 Å². The lowest BCUT2D eigenvalue weighted by molar-refractivity contribution is 0.658. The van der Waals surface area contributed by atoms with Crippen molar-refractivity contribution >= 4 is 42.8 Å². The van der Waals surface area contributed by atoms with Gasteiger partial charge in [0.1, 0.15) is 11.0 Å². The summed E-state index contributed by atoms with van der Waals surface area (Å²) < 4.78 is 9.78. The average Bonchev–Trinajstić information content (AvgIpc) is 3.66. The molecule has 0 amide bonds. The summed E-state index contributed by atoms with van der Waals surface area (Å²) in [7, 11) is -1.60. The van der Waals surface area contributed by atoms with Crippen LogP contribution < -0.4 is 0 Å². The normalized spacial score (nSPS) is 16.5. The molecular weight excluding hydrogens is 629 g/mol. The minimum atomic E-state index is -0.802. The zero-order chi connectivity index (χ0) is 33.3. The lowest BCUT2D eigenvalue weighted by Gasteiger charge is -2.29. The highest BCUT2D eigenvalue weighted by Crippen LogP contribution is 2.56. The summed E-state index contributed by atoms with van der Waals surface area (Å²) in [6, 6.07) is 32.9. The zero-order valence-corrected chi connectivity index (χ0v) is 31.7. The molecule has 240 valence electrons. The van der Waals surface area contributed by atoms with Crippen LogP contribution in [0.2, 0.25) is 0 Å². The van der Waals surface area contributed by atoms with E-state index in [0.29, 0.717) is 0 Å². The smallest absolute Gasteiger partial charge is 0.113 e. The molecule has 1 heterocycles. The summed E-state index contributed by atoms with van der Waals surface area (Å²) in [6.07, 6.45) is 14.3. The fraction of sp³-hybridized carbons (Fsp3) is 0.286. The predicted molar refractivity (Wildman–Crippen MR) is 211 cm³/mol. The van der Waals surface area contributed by atoms with Gasteiger partial charge in [0.05, 0.1) is 11.7 Å². The molecule has 5 aromatic carbocycles. The Kier molecular flexibility index (Phi) is 6.63. The molecular formula is C42H44N2S3. The second-order valence-corrected chi connectivity index (χ2v) is 24.8. The van der Waals surface area contributed by atoms with Crippen molar-refractivity contribution in [1.29, 1.82) is 0 Å². The summed E-state index contributed by atoms with van der Waals surface area (Å²) in [5.74, 6) is 0. The summed E-state index contributed by atoms with van der Waals surface area (Å²) in [5.41, 5.74) is 17.7. The van der Waals surface area contributed by atoms with Gasteiger partial charge >= 0.3 is 0 Å². The Labute approximate surface area is 287 Å². The Balaban J connectivity index is 1.20. The quantitative estimate of drug-likeness (QED) is 0.186. The third-order valence-corrected chi connectivity index (χ3v) is 14.6. The molecule has 0 saturated carbocycles. The Bertz CT molecular complexity index is 2120. The first kappa shape index (κ1) is 30.9. The van der Waals surface area contributed by atoms with Gasteiger partial charge in [-0.2, -0.15) is 8.75 Å². The van der Waals surface area contributed by atoms with Crippen molar-refractivity contribution in [3.05, 3.63) is 107 Å². The van der Waals surface area contributed by atoms with Crippen LogP contribution in [0.5, 0.6) is 0 Å². The van der Waals surface area contributed by atoms with Gasteiger partial charge in [-0.1, -0.05) is 76.2 Å². The van der Waals surface area contributed by atoms with Gasteiger partial charge in [0.25, 0.3) is 0 Å². The molecule has 5 heteroatoms. The SMILES string of the molecule is CC1(C)c2cc(-c3ccc(-c4ccc5c(c4)C(C)(C)c4cc(S(C)(C)C)ccc4-5)c4nsnc34)ccc2-c2ccc(S(C)(C)C)cc21. The van der Waals surface area contributed by atoms with Gasteiger partial charge in [-0.25, -0.2) is 20.1 Å². The van der Waals surface area contributed by atoms with E-state index in [4.69, 9.17) is 8.75 Å². The van der Waals surface area contributed by atoms with Crippen molar-refractivity contribution in [1.82, 2.24) is 8.75 Å². The maximum absolute atomic E-state index is 4.89. The maximum Gasteiger partial charge on any atom is 0.113 e. The summed E-state index contributed by atoms with van der Waals surface area (Å²) >= 11 is 1.31. The van der Waals surface area contributed by atoms with Crippen molar-refractivity contribution in [2.24, 2.45) is 0 Å². The van der Waals surface area contributed by atoms with E-state index in [1.165, 1.54) is 77.2 Å². The predicted octanol–water partition coefficient (Wildman–Crippen LogP) is 11.7. The number of fused-ring (bicyclic) bond motifs is 7. The van der Waals surface area contributed by atoms with Crippen molar-refractivity contribution < 1.29 is 0 Å². The van der Waals surface area contributed by atoms with Crippen molar-refractivity contribution in [3.8, 4) is 44.5 Å². The Morgan fingerprint density at radius 2 is 0.745 bits per heavy atom. The molecule has 0 unspecified atom stereocenters. The van der Waals surface area contributed by atoms with Gasteiger partial charge in [-0.15, -0.1) is 0 Å². The molecule has 2 nitrogen and oxygen atoms in total. The first-order chi connectivity index (χ1) is 22.1. The van der Waals surface area contributed by atoms with Crippen LogP contribution in [0.15, 0.2) is 94.7 Å². The largest absolute Gasteiger partial charge is 0.223 e. The fourth-order valence-electron chi connectivity index (χ4n) is 7.86. The maximum atomic E-state index is 4.89. The lowest BCUT2D eigenvalue weighted by Crippen LogP contribution is -2.15. The number of rotatable bonds is 4. The topological polar surface area (TPSA) is 25.8 Å². The molecule has 2 aliphatic rings. The van der Waals surface area contributed by atoms with Crippen LogP contribution in [0.4, 0.5) is 0 Å². The van der Waals surface area contributed by atoms with Crippen LogP contribution in [0.25, 0.3) is 55.5 Å². The first-order valence-corrected chi connectivity index (χ1v) is 22.7. The van der Waals surface area contributed by atoms with Crippen LogP contribution in [-0.2, 0) is 10.8 Å². The Morgan fingerprint density at radius 1 is 0.426 bits per heavy atom. The third kappa shape index (κ3) is 4.60. The van der Waals surface area contributed by atoms with E-state index in [1.54, 1.807) is 0 Å². The number of hydrogen-bond acceptors (Lipinski definition) is 3. The fourth-order valence-corrected chi connectivity index (χ4v) is 10.3. The second kappa shape index (κ2) is 10.1. The van der Waals surface area contributed by atoms with Gasteiger partial charge in [0.2, 0.25) is 0 Å². The molecule has 47 heavy (non-hydrogen) atoms. The molecule has 0 spiro atoms. The van der Waals surface area contributed by atoms with Crippen LogP contribution in [0.1, 0.15) is 49.9 Å². The molecule has 0 N–H and O–H groups in total. The van der Waals surface area contributed by atoms with Gasteiger partial charge < -0.3 is 0 Å². The van der Waals surface area contributed by atoms with Crippen LogP contribution >= 0.6 is 31.8 Å². The van der Waals surface area contributed by atoms with Gasteiger partial charge in [0.15, 0.2) is 0 Å². The van der Waals surface area contributed by atoms with E-state index in [0.717, 1.165) is 22.2 Å². The molecule has 0 atom stereocenters. The average molecular weight is 673 g/mol. The molecule has 2 aliphatic carbocycles. The highest BCUT2D eigenvalue weighted by molar-refractivity contribution is 8.32. The minimum Gasteiger partial charge on any atom is -0.223 e. The Morgan fingerprint density at radius 3 is 1.11 bits per heavy atom. The van der Waals surface area contributed by atoms with Crippen LogP contribution in [-0.4, -0.2) is 46.3 Å². The molecule has 6 aromatic rings. The number of benzene rings is 5. The summed E-state index contributed by atoms with van der Waals surface area (Å²) in [6.45, 7) is 9.52. The monoisotopic (exact) mass is 672 g/mol. The van der Waals surface area contributed by atoms with E-state index in [1.807, 2.05) is 0 Å². The molecule has 0 radical (unpaired) electrons.